The third kappa shape index (κ3) is 5.06. The van der Waals surface area contributed by atoms with E-state index in [0.717, 1.165) is 17.7 Å². The topological polar surface area (TPSA) is 49.3 Å². The lowest BCUT2D eigenvalue weighted by Crippen LogP contribution is -2.23. The second-order valence-corrected chi connectivity index (χ2v) is 5.65. The molecule has 126 valence electrons. The van der Waals surface area contributed by atoms with Crippen LogP contribution in [0.15, 0.2) is 48.5 Å². The second kappa shape index (κ2) is 7.44. The molecule has 2 aromatic rings. The first kappa shape index (κ1) is 17.9. The Balaban J connectivity index is 1.97. The molecule has 0 bridgehead atoms. The van der Waals surface area contributed by atoms with Gasteiger partial charge < -0.3 is 10.4 Å². The zero-order chi connectivity index (χ0) is 17.7. The number of rotatable bonds is 5. The molecule has 0 saturated carbocycles. The minimum atomic E-state index is -4.39. The number of halogens is 3. The summed E-state index contributed by atoms with van der Waals surface area (Å²) in [6, 6.07) is 11.4. The first-order valence-corrected chi connectivity index (χ1v) is 7.41. The van der Waals surface area contributed by atoms with Gasteiger partial charge in [0.15, 0.2) is 0 Å². The van der Waals surface area contributed by atoms with E-state index in [9.17, 15) is 18.0 Å². The van der Waals surface area contributed by atoms with Crippen LogP contribution in [0, 0.1) is 0 Å². The molecule has 0 aliphatic rings. The summed E-state index contributed by atoms with van der Waals surface area (Å²) in [7, 11) is 0. The lowest BCUT2D eigenvalue weighted by Gasteiger charge is -2.11. The van der Waals surface area contributed by atoms with Gasteiger partial charge in [-0.25, -0.2) is 4.79 Å². The van der Waals surface area contributed by atoms with Crippen LogP contribution < -0.4 is 5.32 Å². The minimum absolute atomic E-state index is 0.165. The van der Waals surface area contributed by atoms with E-state index in [2.05, 4.69) is 5.32 Å². The Bertz CT molecular complexity index is 759. The fourth-order valence-corrected chi connectivity index (χ4v) is 2.36. The Labute approximate surface area is 142 Å². The van der Waals surface area contributed by atoms with Crippen LogP contribution in [-0.2, 0) is 19.1 Å². The molecule has 24 heavy (non-hydrogen) atoms. The van der Waals surface area contributed by atoms with Crippen molar-refractivity contribution in [1.29, 1.82) is 0 Å². The van der Waals surface area contributed by atoms with E-state index in [1.54, 1.807) is 18.2 Å². The van der Waals surface area contributed by atoms with Gasteiger partial charge in [0.1, 0.15) is 0 Å². The summed E-state index contributed by atoms with van der Waals surface area (Å²) in [5.74, 6) is -1.02. The van der Waals surface area contributed by atoms with E-state index in [0.29, 0.717) is 17.1 Å². The zero-order valence-corrected chi connectivity index (χ0v) is 13.2. The van der Waals surface area contributed by atoms with Crippen molar-refractivity contribution in [2.75, 3.05) is 0 Å². The third-order valence-electron chi connectivity index (χ3n) is 3.28. The second-order valence-electron chi connectivity index (χ2n) is 5.16. The van der Waals surface area contributed by atoms with E-state index < -0.39 is 17.7 Å². The van der Waals surface area contributed by atoms with Gasteiger partial charge in [0, 0.05) is 13.0 Å². The number of hydrogen-bond acceptors (Lipinski definition) is 2. The molecule has 0 saturated heterocycles. The van der Waals surface area contributed by atoms with Gasteiger partial charge in [-0.1, -0.05) is 42.5 Å². The van der Waals surface area contributed by atoms with Crippen LogP contribution in [0.25, 0.3) is 0 Å². The van der Waals surface area contributed by atoms with E-state index >= 15 is 0 Å². The van der Waals surface area contributed by atoms with Crippen LogP contribution >= 0.6 is 12.2 Å². The normalized spacial score (nSPS) is 11.1. The Morgan fingerprint density at radius 2 is 1.75 bits per heavy atom. The highest BCUT2D eigenvalue weighted by molar-refractivity contribution is 7.80. The number of thiocarbonyl (C=S) groups is 1. The summed E-state index contributed by atoms with van der Waals surface area (Å²) >= 11 is 5.15. The predicted octanol–water partition coefficient (Wildman–Crippen LogP) is 4.06. The molecule has 3 nitrogen and oxygen atoms in total. The molecule has 0 unspecified atom stereocenters. The van der Waals surface area contributed by atoms with Gasteiger partial charge >= 0.3 is 12.1 Å². The van der Waals surface area contributed by atoms with E-state index in [1.165, 1.54) is 18.2 Å². The van der Waals surface area contributed by atoms with Gasteiger partial charge in [-0.05, 0) is 29.3 Å². The number of hydrogen-bond donors (Lipinski definition) is 2. The molecule has 0 fully saturated rings. The number of carbonyl (C=O) groups is 1. The average molecular weight is 353 g/mol. The Kier molecular flexibility index (Phi) is 5.56. The summed E-state index contributed by atoms with van der Waals surface area (Å²) in [5, 5.41) is 11.9. The van der Waals surface area contributed by atoms with Crippen molar-refractivity contribution in [1.82, 2.24) is 5.32 Å². The molecular weight excluding hydrogens is 339 g/mol. The SMILES string of the molecule is O=C(O)c1cccc(CNC(=S)Cc2cccc(C(F)(F)F)c2)c1. The molecular formula is C17H14F3NO2S. The predicted molar refractivity (Wildman–Crippen MR) is 88.0 cm³/mol. The highest BCUT2D eigenvalue weighted by atomic mass is 32.1. The number of nitrogens with one attached hydrogen (secondary N) is 1. The van der Waals surface area contributed by atoms with Crippen molar-refractivity contribution in [3.8, 4) is 0 Å². The fraction of sp³-hybridized carbons (Fsp3) is 0.176. The van der Waals surface area contributed by atoms with Crippen LogP contribution in [0.1, 0.15) is 27.0 Å². The quantitative estimate of drug-likeness (QED) is 0.796. The average Bonchev–Trinajstić information content (AvgIpc) is 2.52. The molecule has 0 heterocycles. The molecule has 0 aliphatic heterocycles. The van der Waals surface area contributed by atoms with Crippen molar-refractivity contribution in [3.63, 3.8) is 0 Å². The Hall–Kier alpha value is -2.41. The Morgan fingerprint density at radius 1 is 1.08 bits per heavy atom. The van der Waals surface area contributed by atoms with Crippen LogP contribution in [-0.4, -0.2) is 16.1 Å². The summed E-state index contributed by atoms with van der Waals surface area (Å²) in [6.45, 7) is 0.304. The minimum Gasteiger partial charge on any atom is -0.478 e. The highest BCUT2D eigenvalue weighted by Crippen LogP contribution is 2.29. The number of carboxylic acids is 1. The largest absolute Gasteiger partial charge is 0.478 e. The lowest BCUT2D eigenvalue weighted by molar-refractivity contribution is -0.137. The number of aromatic carboxylic acids is 1. The number of alkyl halides is 3. The van der Waals surface area contributed by atoms with Gasteiger partial charge in [-0.3, -0.25) is 0 Å². The maximum Gasteiger partial charge on any atom is 0.416 e. The molecule has 0 atom stereocenters. The number of benzene rings is 2. The van der Waals surface area contributed by atoms with Crippen LogP contribution in [0.5, 0.6) is 0 Å². The fourth-order valence-electron chi connectivity index (χ4n) is 2.12. The Morgan fingerprint density at radius 3 is 2.42 bits per heavy atom. The molecule has 0 aromatic heterocycles. The lowest BCUT2D eigenvalue weighted by atomic mass is 10.1. The van der Waals surface area contributed by atoms with Gasteiger partial charge in [0.25, 0.3) is 0 Å². The smallest absolute Gasteiger partial charge is 0.416 e. The van der Waals surface area contributed by atoms with Crippen molar-refractivity contribution in [2.45, 2.75) is 19.1 Å². The molecule has 0 aliphatic carbocycles. The summed E-state index contributed by atoms with van der Waals surface area (Å²) in [4.78, 5) is 11.3. The van der Waals surface area contributed by atoms with Crippen molar-refractivity contribution >= 4 is 23.2 Å². The van der Waals surface area contributed by atoms with Crippen LogP contribution in [0.2, 0.25) is 0 Å². The maximum atomic E-state index is 12.7. The van der Waals surface area contributed by atoms with Gasteiger partial charge in [0.05, 0.1) is 16.1 Å². The van der Waals surface area contributed by atoms with Crippen LogP contribution in [0.4, 0.5) is 13.2 Å². The number of carboxylic acid groups (broad SMARTS) is 1. The zero-order valence-electron chi connectivity index (χ0n) is 12.4. The molecule has 7 heteroatoms. The first-order chi connectivity index (χ1) is 11.3. The molecule has 0 amide bonds. The summed E-state index contributed by atoms with van der Waals surface area (Å²) in [5.41, 5.74) is 0.637. The summed E-state index contributed by atoms with van der Waals surface area (Å²) < 4.78 is 38.0. The molecule has 0 spiro atoms. The van der Waals surface area contributed by atoms with Crippen molar-refractivity contribution in [3.05, 3.63) is 70.8 Å². The first-order valence-electron chi connectivity index (χ1n) is 7.01. The summed E-state index contributed by atoms with van der Waals surface area (Å²) in [6.07, 6.45) is -4.21. The van der Waals surface area contributed by atoms with Crippen LogP contribution in [0.3, 0.4) is 0 Å². The molecule has 2 rings (SSSR count). The molecule has 2 N–H and O–H groups in total. The monoisotopic (exact) mass is 353 g/mol. The van der Waals surface area contributed by atoms with Crippen molar-refractivity contribution < 1.29 is 23.1 Å². The van der Waals surface area contributed by atoms with Gasteiger partial charge in [0.2, 0.25) is 0 Å². The third-order valence-corrected chi connectivity index (χ3v) is 3.57. The molecule has 0 radical (unpaired) electrons. The van der Waals surface area contributed by atoms with Gasteiger partial charge in [-0.15, -0.1) is 0 Å². The van der Waals surface area contributed by atoms with Gasteiger partial charge in [-0.2, -0.15) is 13.2 Å². The highest BCUT2D eigenvalue weighted by Gasteiger charge is 2.30. The van der Waals surface area contributed by atoms with E-state index in [-0.39, 0.29) is 12.0 Å². The standard InChI is InChI=1S/C17H14F3NO2S/c18-17(19,20)14-6-2-3-11(8-14)9-15(24)21-10-12-4-1-5-13(7-12)16(22)23/h1-8H,9-10H2,(H,21,24)(H,22,23). The van der Waals surface area contributed by atoms with E-state index in [1.807, 2.05) is 0 Å². The van der Waals surface area contributed by atoms with Crippen molar-refractivity contribution in [2.24, 2.45) is 0 Å². The maximum absolute atomic E-state index is 12.7. The van der Waals surface area contributed by atoms with E-state index in [4.69, 9.17) is 17.3 Å². The molecule has 2 aromatic carbocycles.